The molecular formula is C8H12N4OS. The summed E-state index contributed by atoms with van der Waals surface area (Å²) in [6, 6.07) is 0.328. The Balaban J connectivity index is 2.08. The average molecular weight is 212 g/mol. The molecule has 1 amide bonds. The molecule has 1 aliphatic rings. The maximum atomic E-state index is 11.9. The van der Waals surface area contributed by atoms with Crippen molar-refractivity contribution in [3.63, 3.8) is 0 Å². The lowest BCUT2D eigenvalue weighted by molar-refractivity contribution is 0.0625. The van der Waals surface area contributed by atoms with Crippen molar-refractivity contribution in [3.05, 3.63) is 11.9 Å². The number of carbonyl (C=O) groups is 1. The van der Waals surface area contributed by atoms with Gasteiger partial charge in [-0.15, -0.1) is 0 Å². The Morgan fingerprint density at radius 1 is 1.79 bits per heavy atom. The normalized spacial score (nSPS) is 16.4. The largest absolute Gasteiger partial charge is 0.332 e. The van der Waals surface area contributed by atoms with Gasteiger partial charge in [-0.3, -0.25) is 4.79 Å². The van der Waals surface area contributed by atoms with Gasteiger partial charge in [-0.2, -0.15) is 8.75 Å². The number of carbonyl (C=O) groups excluding carboxylic acids is 1. The molecule has 0 unspecified atom stereocenters. The van der Waals surface area contributed by atoms with Crippen molar-refractivity contribution in [2.75, 3.05) is 19.6 Å². The summed E-state index contributed by atoms with van der Waals surface area (Å²) in [6.45, 7) is 4.48. The van der Waals surface area contributed by atoms with Gasteiger partial charge in [0, 0.05) is 19.6 Å². The third-order valence-electron chi connectivity index (χ3n) is 2.38. The number of likely N-dealkylation sites (N-methyl/N-ethyl adjacent to an activating group) is 1. The van der Waals surface area contributed by atoms with Gasteiger partial charge in [-0.1, -0.05) is 0 Å². The monoisotopic (exact) mass is 212 g/mol. The van der Waals surface area contributed by atoms with Crippen molar-refractivity contribution in [2.45, 2.75) is 13.0 Å². The fraction of sp³-hybridized carbons (Fsp3) is 0.625. The third-order valence-corrected chi connectivity index (χ3v) is 2.86. The van der Waals surface area contributed by atoms with E-state index in [1.54, 1.807) is 0 Å². The second kappa shape index (κ2) is 4.02. The van der Waals surface area contributed by atoms with E-state index in [9.17, 15) is 4.79 Å². The van der Waals surface area contributed by atoms with E-state index in [-0.39, 0.29) is 5.91 Å². The van der Waals surface area contributed by atoms with Gasteiger partial charge in [0.1, 0.15) is 0 Å². The van der Waals surface area contributed by atoms with Gasteiger partial charge in [-0.25, -0.2) is 0 Å². The Bertz CT molecular complexity index is 309. The number of hydrogen-bond donors (Lipinski definition) is 1. The topological polar surface area (TPSA) is 58.1 Å². The van der Waals surface area contributed by atoms with Crippen LogP contribution in [0.3, 0.4) is 0 Å². The zero-order chi connectivity index (χ0) is 9.97. The van der Waals surface area contributed by atoms with Gasteiger partial charge >= 0.3 is 0 Å². The van der Waals surface area contributed by atoms with E-state index in [4.69, 9.17) is 0 Å². The predicted molar refractivity (Wildman–Crippen MR) is 53.3 cm³/mol. The highest BCUT2D eigenvalue weighted by atomic mass is 32.1. The Morgan fingerprint density at radius 2 is 2.57 bits per heavy atom. The standard InChI is InChI=1S/C8H12N4OS/c1-2-12(6-3-9-4-6)8(13)7-5-10-14-11-7/h5-6,9H,2-4H2,1H3. The summed E-state index contributed by atoms with van der Waals surface area (Å²) < 4.78 is 7.78. The van der Waals surface area contributed by atoms with Crippen molar-refractivity contribution in [1.82, 2.24) is 19.0 Å². The molecule has 0 aromatic carbocycles. The first-order valence-corrected chi connectivity index (χ1v) is 5.35. The van der Waals surface area contributed by atoms with Crippen molar-refractivity contribution >= 4 is 17.6 Å². The minimum Gasteiger partial charge on any atom is -0.332 e. The lowest BCUT2D eigenvalue weighted by atomic mass is 10.1. The zero-order valence-corrected chi connectivity index (χ0v) is 8.75. The summed E-state index contributed by atoms with van der Waals surface area (Å²) in [4.78, 5) is 13.7. The summed E-state index contributed by atoms with van der Waals surface area (Å²) >= 11 is 1.07. The Hall–Kier alpha value is -1.01. The highest BCUT2D eigenvalue weighted by Crippen LogP contribution is 2.09. The number of amides is 1. The number of nitrogens with zero attached hydrogens (tertiary/aromatic N) is 3. The van der Waals surface area contributed by atoms with Crippen molar-refractivity contribution < 1.29 is 4.79 Å². The van der Waals surface area contributed by atoms with Gasteiger partial charge in [0.05, 0.1) is 24.0 Å². The lowest BCUT2D eigenvalue weighted by Crippen LogP contribution is -2.58. The molecule has 1 N–H and O–H groups in total. The van der Waals surface area contributed by atoms with Crippen LogP contribution in [0.15, 0.2) is 6.20 Å². The molecule has 14 heavy (non-hydrogen) atoms. The first-order valence-electron chi connectivity index (χ1n) is 4.62. The Morgan fingerprint density at radius 3 is 3.00 bits per heavy atom. The van der Waals surface area contributed by atoms with Gasteiger partial charge in [0.15, 0.2) is 5.69 Å². The zero-order valence-electron chi connectivity index (χ0n) is 7.93. The van der Waals surface area contributed by atoms with Gasteiger partial charge < -0.3 is 10.2 Å². The fourth-order valence-corrected chi connectivity index (χ4v) is 1.87. The van der Waals surface area contributed by atoms with Crippen molar-refractivity contribution in [3.8, 4) is 0 Å². The highest BCUT2D eigenvalue weighted by molar-refractivity contribution is 6.99. The van der Waals surface area contributed by atoms with Crippen LogP contribution in [0.2, 0.25) is 0 Å². The van der Waals surface area contributed by atoms with Gasteiger partial charge in [-0.05, 0) is 6.92 Å². The van der Waals surface area contributed by atoms with Crippen LogP contribution in [-0.4, -0.2) is 45.2 Å². The summed E-state index contributed by atoms with van der Waals surface area (Å²) in [6.07, 6.45) is 1.53. The molecule has 0 atom stereocenters. The van der Waals surface area contributed by atoms with Crippen LogP contribution in [0.5, 0.6) is 0 Å². The summed E-state index contributed by atoms with van der Waals surface area (Å²) in [5.74, 6) is -0.00671. The van der Waals surface area contributed by atoms with E-state index >= 15 is 0 Å². The van der Waals surface area contributed by atoms with Crippen LogP contribution in [-0.2, 0) is 0 Å². The summed E-state index contributed by atoms with van der Waals surface area (Å²) in [5, 5.41) is 3.15. The highest BCUT2D eigenvalue weighted by Gasteiger charge is 2.28. The molecule has 1 saturated heterocycles. The van der Waals surface area contributed by atoms with E-state index in [0.717, 1.165) is 31.4 Å². The number of nitrogens with one attached hydrogen (secondary N) is 1. The molecule has 0 bridgehead atoms. The lowest BCUT2D eigenvalue weighted by Gasteiger charge is -2.37. The number of hydrogen-bond acceptors (Lipinski definition) is 5. The molecule has 2 rings (SSSR count). The summed E-state index contributed by atoms with van der Waals surface area (Å²) in [5.41, 5.74) is 0.462. The molecule has 6 heteroatoms. The average Bonchev–Trinajstić information content (AvgIpc) is 2.62. The molecule has 1 aromatic rings. The van der Waals surface area contributed by atoms with Crippen LogP contribution < -0.4 is 5.32 Å². The van der Waals surface area contributed by atoms with Crippen molar-refractivity contribution in [2.24, 2.45) is 0 Å². The quantitative estimate of drug-likeness (QED) is 0.764. The van der Waals surface area contributed by atoms with E-state index in [1.165, 1.54) is 6.20 Å². The van der Waals surface area contributed by atoms with Crippen LogP contribution in [0.4, 0.5) is 0 Å². The summed E-state index contributed by atoms with van der Waals surface area (Å²) in [7, 11) is 0. The van der Waals surface area contributed by atoms with Gasteiger partial charge in [0.2, 0.25) is 0 Å². The fourth-order valence-electron chi connectivity index (χ4n) is 1.47. The van der Waals surface area contributed by atoms with Crippen LogP contribution >= 0.6 is 11.7 Å². The Kier molecular flexibility index (Phi) is 2.74. The number of aromatic nitrogens is 2. The molecule has 1 aromatic heterocycles. The Labute approximate surface area is 86.4 Å². The first-order chi connectivity index (χ1) is 6.83. The molecule has 76 valence electrons. The predicted octanol–water partition coefficient (Wildman–Crippen LogP) is -0.0280. The maximum absolute atomic E-state index is 11.9. The van der Waals surface area contributed by atoms with E-state index < -0.39 is 0 Å². The molecule has 0 radical (unpaired) electrons. The minimum atomic E-state index is -0.00671. The molecule has 1 fully saturated rings. The van der Waals surface area contributed by atoms with E-state index in [1.807, 2.05) is 11.8 Å². The SMILES string of the molecule is CCN(C(=O)c1cnsn1)C1CNC1. The molecule has 0 spiro atoms. The molecular weight excluding hydrogens is 200 g/mol. The van der Waals surface area contributed by atoms with Crippen LogP contribution in [0.25, 0.3) is 0 Å². The third kappa shape index (κ3) is 1.62. The molecule has 0 saturated carbocycles. The molecule has 2 heterocycles. The molecule has 1 aliphatic heterocycles. The maximum Gasteiger partial charge on any atom is 0.275 e. The molecule has 0 aliphatic carbocycles. The van der Waals surface area contributed by atoms with Gasteiger partial charge in [0.25, 0.3) is 5.91 Å². The molecule has 5 nitrogen and oxygen atoms in total. The second-order valence-corrected chi connectivity index (χ2v) is 3.75. The van der Waals surface area contributed by atoms with Crippen LogP contribution in [0, 0.1) is 0 Å². The van der Waals surface area contributed by atoms with Crippen LogP contribution in [0.1, 0.15) is 17.4 Å². The number of rotatable bonds is 3. The van der Waals surface area contributed by atoms with E-state index in [2.05, 4.69) is 14.1 Å². The van der Waals surface area contributed by atoms with E-state index in [0.29, 0.717) is 11.7 Å². The first kappa shape index (κ1) is 9.54. The smallest absolute Gasteiger partial charge is 0.275 e. The second-order valence-electron chi connectivity index (χ2n) is 3.20. The van der Waals surface area contributed by atoms with Crippen molar-refractivity contribution in [1.29, 1.82) is 0 Å². The minimum absolute atomic E-state index is 0.00671.